The average Bonchev–Trinajstić information content (AvgIpc) is 2.77. The van der Waals surface area contributed by atoms with Crippen molar-refractivity contribution >= 4 is 23.4 Å². The predicted octanol–water partition coefficient (Wildman–Crippen LogP) is 5.51. The molecule has 3 aromatic rings. The Balaban J connectivity index is 1.80. The summed E-state index contributed by atoms with van der Waals surface area (Å²) < 4.78 is 0. The number of nitrogens with zero attached hydrogens (tertiary/aromatic N) is 2. The molecule has 0 saturated carbocycles. The molecule has 0 aliphatic rings. The number of anilines is 1. The summed E-state index contributed by atoms with van der Waals surface area (Å²) in [5.74, 6) is 1.03. The maximum absolute atomic E-state index is 13.3. The van der Waals surface area contributed by atoms with Crippen LogP contribution in [0.3, 0.4) is 0 Å². The van der Waals surface area contributed by atoms with Gasteiger partial charge in [0, 0.05) is 17.2 Å². The molecule has 1 amide bonds. The minimum atomic E-state index is 0.146. The molecule has 0 fully saturated rings. The molecule has 0 aliphatic carbocycles. The number of rotatable bonds is 10. The van der Waals surface area contributed by atoms with E-state index < -0.39 is 0 Å². The van der Waals surface area contributed by atoms with E-state index >= 15 is 0 Å². The van der Waals surface area contributed by atoms with Crippen molar-refractivity contribution in [3.8, 4) is 0 Å². The van der Waals surface area contributed by atoms with Crippen molar-refractivity contribution in [1.82, 2.24) is 4.90 Å². The molecular weight excluding hydrogens is 388 g/mol. The maximum Gasteiger partial charge on any atom is 0.231 e. The molecule has 0 saturated heterocycles. The summed E-state index contributed by atoms with van der Waals surface area (Å²) in [7, 11) is 4.14. The molecule has 3 nitrogen and oxygen atoms in total. The SMILES string of the molecule is CN(C)CCCN(C(=O)Cc1ccccc1)c1ccccc1SCc1ccccc1. The van der Waals surface area contributed by atoms with Gasteiger partial charge in [0.05, 0.1) is 12.1 Å². The summed E-state index contributed by atoms with van der Waals surface area (Å²) in [6.07, 6.45) is 1.35. The van der Waals surface area contributed by atoms with Crippen molar-refractivity contribution in [2.45, 2.75) is 23.5 Å². The second-order valence-electron chi connectivity index (χ2n) is 7.61. The molecular formula is C26H30N2OS. The van der Waals surface area contributed by atoms with Gasteiger partial charge in [-0.1, -0.05) is 72.8 Å². The number of hydrogen-bond donors (Lipinski definition) is 0. The van der Waals surface area contributed by atoms with E-state index in [0.29, 0.717) is 13.0 Å². The zero-order valence-electron chi connectivity index (χ0n) is 17.8. The lowest BCUT2D eigenvalue weighted by Crippen LogP contribution is -2.35. The molecule has 3 rings (SSSR count). The van der Waals surface area contributed by atoms with Gasteiger partial charge in [-0.2, -0.15) is 0 Å². The van der Waals surface area contributed by atoms with Crippen LogP contribution in [0.5, 0.6) is 0 Å². The quantitative estimate of drug-likeness (QED) is 0.406. The monoisotopic (exact) mass is 418 g/mol. The van der Waals surface area contributed by atoms with Crippen LogP contribution in [0.4, 0.5) is 5.69 Å². The van der Waals surface area contributed by atoms with E-state index in [2.05, 4.69) is 61.5 Å². The molecule has 0 unspecified atom stereocenters. The molecule has 4 heteroatoms. The summed E-state index contributed by atoms with van der Waals surface area (Å²) in [5, 5.41) is 0. The van der Waals surface area contributed by atoms with Gasteiger partial charge in [-0.05, 0) is 50.3 Å². The Morgan fingerprint density at radius 2 is 1.37 bits per heavy atom. The highest BCUT2D eigenvalue weighted by Gasteiger charge is 2.19. The number of hydrogen-bond acceptors (Lipinski definition) is 3. The van der Waals surface area contributed by atoms with Crippen molar-refractivity contribution in [3.05, 3.63) is 96.1 Å². The summed E-state index contributed by atoms with van der Waals surface area (Å²) >= 11 is 1.79. The lowest BCUT2D eigenvalue weighted by Gasteiger charge is -2.26. The zero-order chi connectivity index (χ0) is 21.2. The van der Waals surface area contributed by atoms with Crippen LogP contribution >= 0.6 is 11.8 Å². The van der Waals surface area contributed by atoms with Crippen molar-refractivity contribution in [3.63, 3.8) is 0 Å². The fraction of sp³-hybridized carbons (Fsp3) is 0.269. The van der Waals surface area contributed by atoms with Crippen LogP contribution in [0.15, 0.2) is 89.8 Å². The first-order valence-electron chi connectivity index (χ1n) is 10.4. The molecule has 0 aromatic heterocycles. The highest BCUT2D eigenvalue weighted by Crippen LogP contribution is 2.33. The number of para-hydroxylation sites is 1. The Hall–Kier alpha value is -2.56. The largest absolute Gasteiger partial charge is 0.311 e. The minimum absolute atomic E-state index is 0.146. The lowest BCUT2D eigenvalue weighted by atomic mass is 10.1. The first-order chi connectivity index (χ1) is 14.6. The Morgan fingerprint density at radius 3 is 2.03 bits per heavy atom. The Morgan fingerprint density at radius 1 is 0.767 bits per heavy atom. The third kappa shape index (κ3) is 6.75. The minimum Gasteiger partial charge on any atom is -0.311 e. The van der Waals surface area contributed by atoms with Gasteiger partial charge >= 0.3 is 0 Å². The summed E-state index contributed by atoms with van der Waals surface area (Å²) in [5.41, 5.74) is 3.35. The Kier molecular flexibility index (Phi) is 8.54. The standard InChI is InChI=1S/C26H30N2OS/c1-27(2)18-11-19-28(26(29)20-22-12-5-3-6-13-22)24-16-9-10-17-25(24)30-21-23-14-7-4-8-15-23/h3-10,12-17H,11,18-21H2,1-2H3. The lowest BCUT2D eigenvalue weighted by molar-refractivity contribution is -0.118. The molecule has 0 spiro atoms. The first-order valence-corrected chi connectivity index (χ1v) is 11.4. The first kappa shape index (κ1) is 22.1. The van der Waals surface area contributed by atoms with Crippen molar-refractivity contribution in [2.24, 2.45) is 0 Å². The molecule has 156 valence electrons. The molecule has 0 radical (unpaired) electrons. The van der Waals surface area contributed by atoms with Gasteiger partial charge in [0.1, 0.15) is 0 Å². The molecule has 3 aromatic carbocycles. The van der Waals surface area contributed by atoms with Crippen molar-refractivity contribution in [1.29, 1.82) is 0 Å². The molecule has 0 atom stereocenters. The number of carbonyl (C=O) groups is 1. The summed E-state index contributed by atoms with van der Waals surface area (Å²) in [6.45, 7) is 1.67. The number of amides is 1. The molecule has 0 bridgehead atoms. The van der Waals surface area contributed by atoms with Gasteiger partial charge in [-0.15, -0.1) is 11.8 Å². The fourth-order valence-corrected chi connectivity index (χ4v) is 4.34. The zero-order valence-corrected chi connectivity index (χ0v) is 18.6. The molecule has 0 N–H and O–H groups in total. The van der Waals surface area contributed by atoms with E-state index in [-0.39, 0.29) is 5.91 Å². The van der Waals surface area contributed by atoms with Gasteiger partial charge in [-0.3, -0.25) is 4.79 Å². The van der Waals surface area contributed by atoms with Crippen LogP contribution in [0, 0.1) is 0 Å². The van der Waals surface area contributed by atoms with Crippen LogP contribution in [-0.2, 0) is 17.0 Å². The summed E-state index contributed by atoms with van der Waals surface area (Å²) in [4.78, 5) is 18.6. The van der Waals surface area contributed by atoms with Crippen LogP contribution in [0.2, 0.25) is 0 Å². The van der Waals surface area contributed by atoms with Gasteiger partial charge in [0.25, 0.3) is 0 Å². The van der Waals surface area contributed by atoms with Crippen molar-refractivity contribution in [2.75, 3.05) is 32.1 Å². The number of benzene rings is 3. The molecule has 0 aliphatic heterocycles. The van der Waals surface area contributed by atoms with Crippen LogP contribution in [-0.4, -0.2) is 38.0 Å². The molecule has 0 heterocycles. The number of thioether (sulfide) groups is 1. The second kappa shape index (κ2) is 11.6. The van der Waals surface area contributed by atoms with Crippen LogP contribution < -0.4 is 4.90 Å². The van der Waals surface area contributed by atoms with Crippen LogP contribution in [0.25, 0.3) is 0 Å². The van der Waals surface area contributed by atoms with E-state index in [1.807, 2.05) is 47.4 Å². The molecule has 30 heavy (non-hydrogen) atoms. The van der Waals surface area contributed by atoms with Crippen molar-refractivity contribution < 1.29 is 4.79 Å². The smallest absolute Gasteiger partial charge is 0.231 e. The topological polar surface area (TPSA) is 23.6 Å². The number of carbonyl (C=O) groups excluding carboxylic acids is 1. The normalized spacial score (nSPS) is 10.9. The van der Waals surface area contributed by atoms with E-state index in [1.54, 1.807) is 11.8 Å². The maximum atomic E-state index is 13.3. The predicted molar refractivity (Wildman–Crippen MR) is 128 cm³/mol. The Labute approximate surface area is 184 Å². The summed E-state index contributed by atoms with van der Waals surface area (Å²) in [6, 6.07) is 28.7. The van der Waals surface area contributed by atoms with Gasteiger partial charge < -0.3 is 9.80 Å². The van der Waals surface area contributed by atoms with E-state index in [1.165, 1.54) is 5.56 Å². The fourth-order valence-electron chi connectivity index (χ4n) is 3.33. The van der Waals surface area contributed by atoms with Gasteiger partial charge in [-0.25, -0.2) is 0 Å². The van der Waals surface area contributed by atoms with E-state index in [4.69, 9.17) is 0 Å². The van der Waals surface area contributed by atoms with Gasteiger partial charge in [0.15, 0.2) is 0 Å². The van der Waals surface area contributed by atoms with Gasteiger partial charge in [0.2, 0.25) is 5.91 Å². The second-order valence-corrected chi connectivity index (χ2v) is 8.62. The highest BCUT2D eigenvalue weighted by atomic mass is 32.2. The van der Waals surface area contributed by atoms with Crippen LogP contribution in [0.1, 0.15) is 17.5 Å². The van der Waals surface area contributed by atoms with E-state index in [0.717, 1.165) is 34.9 Å². The third-order valence-corrected chi connectivity index (χ3v) is 6.01. The third-order valence-electron chi connectivity index (χ3n) is 4.88. The average molecular weight is 419 g/mol. The Bertz CT molecular complexity index is 913. The highest BCUT2D eigenvalue weighted by molar-refractivity contribution is 7.98. The van der Waals surface area contributed by atoms with E-state index in [9.17, 15) is 4.79 Å².